The van der Waals surface area contributed by atoms with E-state index in [0.717, 1.165) is 20.2 Å². The van der Waals surface area contributed by atoms with Gasteiger partial charge in [-0.1, -0.05) is 11.8 Å². The van der Waals surface area contributed by atoms with E-state index in [1.54, 1.807) is 30.2 Å². The topological polar surface area (TPSA) is 89.6 Å². The molecule has 0 radical (unpaired) electrons. The van der Waals surface area contributed by atoms with Crippen molar-refractivity contribution in [2.24, 2.45) is 0 Å². The molecule has 2 rings (SSSR count). The predicted octanol–water partition coefficient (Wildman–Crippen LogP) is 3.16. The molecule has 0 atom stereocenters. The monoisotopic (exact) mass is 429 g/mol. The van der Waals surface area contributed by atoms with Gasteiger partial charge in [0, 0.05) is 31.9 Å². The number of rotatable bonds is 12. The van der Waals surface area contributed by atoms with Gasteiger partial charge in [0.1, 0.15) is 0 Å². The van der Waals surface area contributed by atoms with Gasteiger partial charge >= 0.3 is 0 Å². The van der Waals surface area contributed by atoms with E-state index in [2.05, 4.69) is 15.6 Å². The maximum absolute atomic E-state index is 12.0. The van der Waals surface area contributed by atoms with Gasteiger partial charge in [0.05, 0.1) is 35.2 Å². The second kappa shape index (κ2) is 12.2. The van der Waals surface area contributed by atoms with Crippen LogP contribution in [-0.4, -0.2) is 54.7 Å². The molecule has 0 aliphatic heterocycles. The second-order valence-electron chi connectivity index (χ2n) is 5.41. The number of nitrogens with zero attached hydrogens (tertiary/aromatic N) is 1. The molecule has 27 heavy (non-hydrogen) atoms. The van der Waals surface area contributed by atoms with E-state index in [9.17, 15) is 9.59 Å². The van der Waals surface area contributed by atoms with Crippen molar-refractivity contribution >= 4 is 62.6 Å². The van der Waals surface area contributed by atoms with E-state index in [-0.39, 0.29) is 11.8 Å². The highest BCUT2D eigenvalue weighted by molar-refractivity contribution is 8.01. The minimum absolute atomic E-state index is 0.0460. The number of ether oxygens (including phenoxy) is 2. The zero-order chi connectivity index (χ0) is 19.5. The van der Waals surface area contributed by atoms with Gasteiger partial charge in [-0.05, 0) is 18.2 Å². The number of fused-ring (bicyclic) bond motifs is 1. The van der Waals surface area contributed by atoms with Gasteiger partial charge in [0.25, 0.3) is 0 Å². The highest BCUT2D eigenvalue weighted by Crippen LogP contribution is 2.31. The van der Waals surface area contributed by atoms with E-state index in [1.807, 2.05) is 18.2 Å². The number of benzene rings is 1. The Hall–Kier alpha value is -1.33. The molecule has 0 bridgehead atoms. The molecule has 2 amide bonds. The first-order chi connectivity index (χ1) is 13.1. The first-order valence-electron chi connectivity index (χ1n) is 8.30. The van der Waals surface area contributed by atoms with E-state index in [4.69, 9.17) is 9.47 Å². The fraction of sp³-hybridized carbons (Fsp3) is 0.471. The Balaban J connectivity index is 1.77. The van der Waals surface area contributed by atoms with Gasteiger partial charge in [-0.3, -0.25) is 9.59 Å². The average molecular weight is 430 g/mol. The summed E-state index contributed by atoms with van der Waals surface area (Å²) < 4.78 is 12.3. The molecule has 0 spiro atoms. The number of thiazole rings is 1. The lowest BCUT2D eigenvalue weighted by Gasteiger charge is -2.05. The van der Waals surface area contributed by atoms with Crippen LogP contribution in [0.3, 0.4) is 0 Å². The minimum atomic E-state index is -0.0658. The zero-order valence-corrected chi connectivity index (χ0v) is 17.7. The van der Waals surface area contributed by atoms with E-state index >= 15 is 0 Å². The van der Waals surface area contributed by atoms with Crippen molar-refractivity contribution in [2.75, 3.05) is 43.2 Å². The summed E-state index contributed by atoms with van der Waals surface area (Å²) in [4.78, 5) is 27.3. The molecular weight excluding hydrogens is 406 g/mol. The lowest BCUT2D eigenvalue weighted by molar-refractivity contribution is -0.118. The summed E-state index contributed by atoms with van der Waals surface area (Å²) in [6.07, 6.45) is 0.394. The average Bonchev–Trinajstić information content (AvgIpc) is 3.03. The standard InChI is InChI=1S/C17H23N3O4S3/c1-12(21)18-10-25-8-5-16(22)19-13-3-4-14-15(9-13)27-17(20-14)26-11-24-7-6-23-2/h3-4,9H,5-8,10-11H2,1-2H3,(H,18,21)(H,19,22). The van der Waals surface area contributed by atoms with Gasteiger partial charge in [0.2, 0.25) is 11.8 Å². The molecule has 0 saturated carbocycles. The van der Waals surface area contributed by atoms with Gasteiger partial charge in [0.15, 0.2) is 4.34 Å². The first-order valence-corrected chi connectivity index (χ1v) is 11.3. The lowest BCUT2D eigenvalue weighted by Crippen LogP contribution is -2.19. The summed E-state index contributed by atoms with van der Waals surface area (Å²) in [5, 5.41) is 5.59. The fourth-order valence-electron chi connectivity index (χ4n) is 1.95. The number of hydrogen-bond acceptors (Lipinski definition) is 8. The maximum atomic E-state index is 12.0. The van der Waals surface area contributed by atoms with Gasteiger partial charge in [-0.25, -0.2) is 4.98 Å². The van der Waals surface area contributed by atoms with Crippen LogP contribution >= 0.6 is 34.9 Å². The Morgan fingerprint density at radius 3 is 2.93 bits per heavy atom. The summed E-state index contributed by atoms with van der Waals surface area (Å²) in [7, 11) is 1.64. The van der Waals surface area contributed by atoms with Crippen molar-refractivity contribution in [1.82, 2.24) is 10.3 Å². The quantitative estimate of drug-likeness (QED) is 0.304. The van der Waals surface area contributed by atoms with E-state index in [1.165, 1.54) is 18.7 Å². The van der Waals surface area contributed by atoms with Crippen molar-refractivity contribution in [2.45, 2.75) is 17.7 Å². The Morgan fingerprint density at radius 1 is 1.30 bits per heavy atom. The van der Waals surface area contributed by atoms with E-state index < -0.39 is 0 Å². The molecule has 0 fully saturated rings. The minimum Gasteiger partial charge on any atom is -0.382 e. The number of amides is 2. The fourth-order valence-corrected chi connectivity index (χ4v) is 4.58. The molecule has 0 aliphatic carbocycles. The van der Waals surface area contributed by atoms with Crippen LogP contribution in [0.2, 0.25) is 0 Å². The van der Waals surface area contributed by atoms with Crippen molar-refractivity contribution < 1.29 is 19.1 Å². The predicted molar refractivity (Wildman–Crippen MR) is 113 cm³/mol. The summed E-state index contributed by atoms with van der Waals surface area (Å²) in [5.74, 6) is 1.59. The number of thioether (sulfide) groups is 2. The number of hydrogen-bond donors (Lipinski definition) is 2. The third kappa shape index (κ3) is 8.48. The van der Waals surface area contributed by atoms with E-state index in [0.29, 0.717) is 37.2 Å². The van der Waals surface area contributed by atoms with Crippen molar-refractivity contribution in [1.29, 1.82) is 0 Å². The van der Waals surface area contributed by atoms with Crippen molar-refractivity contribution in [3.8, 4) is 0 Å². The normalized spacial score (nSPS) is 10.9. The zero-order valence-electron chi connectivity index (χ0n) is 15.3. The summed E-state index contributed by atoms with van der Waals surface area (Å²) >= 11 is 4.63. The third-order valence-electron chi connectivity index (χ3n) is 3.25. The number of carbonyl (C=O) groups is 2. The molecule has 0 saturated heterocycles. The van der Waals surface area contributed by atoms with Gasteiger partial charge in [-0.15, -0.1) is 23.1 Å². The number of aromatic nitrogens is 1. The van der Waals surface area contributed by atoms with Crippen LogP contribution in [0.1, 0.15) is 13.3 Å². The molecular formula is C17H23N3O4S3. The highest BCUT2D eigenvalue weighted by atomic mass is 32.2. The molecule has 10 heteroatoms. The van der Waals surface area contributed by atoms with Crippen molar-refractivity contribution in [3.63, 3.8) is 0 Å². The van der Waals surface area contributed by atoms with Gasteiger partial charge < -0.3 is 20.1 Å². The number of anilines is 1. The summed E-state index contributed by atoms with van der Waals surface area (Å²) in [5.41, 5.74) is 1.67. The molecule has 1 aromatic carbocycles. The van der Waals surface area contributed by atoms with Crippen LogP contribution in [0.15, 0.2) is 22.5 Å². The maximum Gasteiger partial charge on any atom is 0.225 e. The van der Waals surface area contributed by atoms with Crippen LogP contribution in [0.25, 0.3) is 10.2 Å². The molecule has 1 heterocycles. The van der Waals surface area contributed by atoms with Crippen LogP contribution < -0.4 is 10.6 Å². The number of carbonyl (C=O) groups excluding carboxylic acids is 2. The Morgan fingerprint density at radius 2 is 2.15 bits per heavy atom. The van der Waals surface area contributed by atoms with Crippen LogP contribution in [0.5, 0.6) is 0 Å². The SMILES string of the molecule is COCCOCSc1nc2ccc(NC(=O)CCSCNC(C)=O)cc2s1. The molecule has 2 aromatic rings. The van der Waals surface area contributed by atoms with Crippen molar-refractivity contribution in [3.05, 3.63) is 18.2 Å². The molecule has 1 aromatic heterocycles. The Kier molecular flexibility index (Phi) is 9.92. The van der Waals surface area contributed by atoms with Crippen LogP contribution in [0.4, 0.5) is 5.69 Å². The summed E-state index contributed by atoms with van der Waals surface area (Å²) in [6, 6.07) is 5.70. The second-order valence-corrected chi connectivity index (χ2v) is 8.71. The van der Waals surface area contributed by atoms with Crippen LogP contribution in [-0.2, 0) is 19.1 Å². The number of methoxy groups -OCH3 is 1. The third-order valence-corrected chi connectivity index (χ3v) is 6.13. The molecule has 2 N–H and O–H groups in total. The van der Waals surface area contributed by atoms with Crippen LogP contribution in [0, 0.1) is 0 Å². The largest absolute Gasteiger partial charge is 0.382 e. The van der Waals surface area contributed by atoms with Gasteiger partial charge in [-0.2, -0.15) is 0 Å². The molecule has 0 aliphatic rings. The highest BCUT2D eigenvalue weighted by Gasteiger charge is 2.08. The smallest absolute Gasteiger partial charge is 0.225 e. The number of nitrogens with one attached hydrogen (secondary N) is 2. The lowest BCUT2D eigenvalue weighted by atomic mass is 10.3. The Bertz CT molecular complexity index is 754. The first kappa shape index (κ1) is 22.0. The molecule has 0 unspecified atom stereocenters. The summed E-state index contributed by atoms with van der Waals surface area (Å²) in [6.45, 7) is 2.62. The Labute approximate surface area is 171 Å². The molecule has 7 nitrogen and oxygen atoms in total. The molecule has 148 valence electrons.